The van der Waals surface area contributed by atoms with Crippen LogP contribution in [0.3, 0.4) is 0 Å². The minimum atomic E-state index is -0.133. The number of hydrogen-bond donors (Lipinski definition) is 2. The Hall–Kier alpha value is -2.21. The zero-order valence-corrected chi connectivity index (χ0v) is 13.4. The SMILES string of the molecule is OCc1cc(Nc2nccc(-c3ccc(Cl)nc3)n2)ccc1Cl. The van der Waals surface area contributed by atoms with E-state index in [9.17, 15) is 5.11 Å². The smallest absolute Gasteiger partial charge is 0.227 e. The summed E-state index contributed by atoms with van der Waals surface area (Å²) in [4.78, 5) is 12.7. The molecule has 0 amide bonds. The molecule has 0 radical (unpaired) electrons. The number of halogens is 2. The van der Waals surface area contributed by atoms with Gasteiger partial charge in [-0.3, -0.25) is 0 Å². The number of aliphatic hydroxyl groups is 1. The molecule has 3 rings (SSSR count). The van der Waals surface area contributed by atoms with Crippen LogP contribution in [0.2, 0.25) is 10.2 Å². The van der Waals surface area contributed by atoms with Crippen LogP contribution >= 0.6 is 23.2 Å². The average molecular weight is 347 g/mol. The molecule has 1 aromatic carbocycles. The lowest BCUT2D eigenvalue weighted by atomic mass is 10.2. The van der Waals surface area contributed by atoms with Crippen molar-refractivity contribution in [2.45, 2.75) is 6.61 Å². The van der Waals surface area contributed by atoms with E-state index in [0.717, 1.165) is 16.9 Å². The third-order valence-corrected chi connectivity index (χ3v) is 3.74. The molecule has 0 atom stereocenters. The molecule has 5 nitrogen and oxygen atoms in total. The van der Waals surface area contributed by atoms with Crippen molar-refractivity contribution >= 4 is 34.8 Å². The predicted octanol–water partition coefficient (Wildman–Crippen LogP) is 4.08. The molecule has 0 spiro atoms. The second kappa shape index (κ2) is 6.91. The van der Waals surface area contributed by atoms with Crippen LogP contribution in [0.15, 0.2) is 48.8 Å². The molecule has 0 aliphatic rings. The van der Waals surface area contributed by atoms with Crippen molar-refractivity contribution in [3.8, 4) is 11.3 Å². The Kier molecular flexibility index (Phi) is 4.71. The van der Waals surface area contributed by atoms with Gasteiger partial charge in [-0.05, 0) is 42.0 Å². The van der Waals surface area contributed by atoms with Gasteiger partial charge in [0.25, 0.3) is 0 Å². The molecule has 0 bridgehead atoms. The lowest BCUT2D eigenvalue weighted by Crippen LogP contribution is -1.99. The van der Waals surface area contributed by atoms with Gasteiger partial charge in [0.2, 0.25) is 5.95 Å². The highest BCUT2D eigenvalue weighted by Crippen LogP contribution is 2.23. The molecular formula is C16H12Cl2N4O. The van der Waals surface area contributed by atoms with Crippen molar-refractivity contribution in [3.63, 3.8) is 0 Å². The fraction of sp³-hybridized carbons (Fsp3) is 0.0625. The Labute approximate surface area is 143 Å². The molecule has 0 aliphatic carbocycles. The highest BCUT2D eigenvalue weighted by atomic mass is 35.5. The number of hydrogen-bond acceptors (Lipinski definition) is 5. The lowest BCUT2D eigenvalue weighted by Gasteiger charge is -2.08. The summed E-state index contributed by atoms with van der Waals surface area (Å²) < 4.78 is 0. The maximum atomic E-state index is 9.26. The summed E-state index contributed by atoms with van der Waals surface area (Å²) in [6, 6.07) is 10.6. The normalized spacial score (nSPS) is 10.6. The number of rotatable bonds is 4. The second-order valence-electron chi connectivity index (χ2n) is 4.72. The topological polar surface area (TPSA) is 70.9 Å². The Morgan fingerprint density at radius 3 is 2.65 bits per heavy atom. The van der Waals surface area contributed by atoms with E-state index >= 15 is 0 Å². The fourth-order valence-corrected chi connectivity index (χ4v) is 2.30. The van der Waals surface area contributed by atoms with E-state index in [1.807, 2.05) is 6.07 Å². The van der Waals surface area contributed by atoms with Crippen molar-refractivity contribution in [2.75, 3.05) is 5.32 Å². The predicted molar refractivity (Wildman–Crippen MR) is 90.9 cm³/mol. The van der Waals surface area contributed by atoms with Crippen molar-refractivity contribution < 1.29 is 5.11 Å². The summed E-state index contributed by atoms with van der Waals surface area (Å²) in [6.45, 7) is -0.133. The maximum Gasteiger partial charge on any atom is 0.227 e. The zero-order valence-electron chi connectivity index (χ0n) is 11.9. The standard InChI is InChI=1S/C16H12Cl2N4O/c17-13-3-2-12(7-11(13)9-23)21-16-19-6-5-14(22-16)10-1-4-15(18)20-8-10/h1-8,23H,9H2,(H,19,21,22). The van der Waals surface area contributed by atoms with E-state index in [0.29, 0.717) is 21.7 Å². The van der Waals surface area contributed by atoms with Gasteiger partial charge in [0.15, 0.2) is 0 Å². The van der Waals surface area contributed by atoms with Gasteiger partial charge in [-0.15, -0.1) is 0 Å². The van der Waals surface area contributed by atoms with E-state index in [1.54, 1.807) is 42.7 Å². The average Bonchev–Trinajstić information content (AvgIpc) is 2.57. The summed E-state index contributed by atoms with van der Waals surface area (Å²) in [6.07, 6.45) is 3.31. The quantitative estimate of drug-likeness (QED) is 0.696. The summed E-state index contributed by atoms with van der Waals surface area (Å²) in [5.41, 5.74) is 2.94. The first kappa shape index (κ1) is 15.7. The Bertz CT molecular complexity index is 825. The monoisotopic (exact) mass is 346 g/mol. The number of nitrogens with zero attached hydrogens (tertiary/aromatic N) is 3. The molecule has 0 aliphatic heterocycles. The number of anilines is 2. The van der Waals surface area contributed by atoms with Gasteiger partial charge < -0.3 is 10.4 Å². The largest absolute Gasteiger partial charge is 0.392 e. The number of aromatic nitrogens is 3. The summed E-state index contributed by atoms with van der Waals surface area (Å²) in [5, 5.41) is 13.3. The first-order chi connectivity index (χ1) is 11.2. The van der Waals surface area contributed by atoms with Gasteiger partial charge in [-0.2, -0.15) is 0 Å². The number of aliphatic hydroxyl groups excluding tert-OH is 1. The molecule has 7 heteroatoms. The molecule has 23 heavy (non-hydrogen) atoms. The lowest BCUT2D eigenvalue weighted by molar-refractivity contribution is 0.282. The van der Waals surface area contributed by atoms with Crippen molar-refractivity contribution in [1.29, 1.82) is 0 Å². The van der Waals surface area contributed by atoms with Crippen LogP contribution in [0.1, 0.15) is 5.56 Å². The molecule has 2 N–H and O–H groups in total. The van der Waals surface area contributed by atoms with Crippen LogP contribution in [0.4, 0.5) is 11.6 Å². The van der Waals surface area contributed by atoms with Gasteiger partial charge >= 0.3 is 0 Å². The molecule has 0 saturated heterocycles. The van der Waals surface area contributed by atoms with Crippen LogP contribution in [0.5, 0.6) is 0 Å². The van der Waals surface area contributed by atoms with E-state index in [-0.39, 0.29) is 6.61 Å². The van der Waals surface area contributed by atoms with E-state index in [4.69, 9.17) is 23.2 Å². The van der Waals surface area contributed by atoms with Gasteiger partial charge in [-0.25, -0.2) is 15.0 Å². The van der Waals surface area contributed by atoms with Crippen LogP contribution < -0.4 is 5.32 Å². The van der Waals surface area contributed by atoms with Gasteiger partial charge in [0.1, 0.15) is 5.15 Å². The second-order valence-corrected chi connectivity index (χ2v) is 5.52. The number of benzene rings is 1. The molecule has 116 valence electrons. The van der Waals surface area contributed by atoms with Crippen molar-refractivity contribution in [3.05, 3.63) is 64.5 Å². The van der Waals surface area contributed by atoms with Crippen molar-refractivity contribution in [1.82, 2.24) is 15.0 Å². The van der Waals surface area contributed by atoms with Gasteiger partial charge in [0.05, 0.1) is 12.3 Å². The summed E-state index contributed by atoms with van der Waals surface area (Å²) in [7, 11) is 0. The zero-order chi connectivity index (χ0) is 16.2. The van der Waals surface area contributed by atoms with Crippen molar-refractivity contribution in [2.24, 2.45) is 0 Å². The third-order valence-electron chi connectivity index (χ3n) is 3.15. The third kappa shape index (κ3) is 3.76. The van der Waals surface area contributed by atoms with E-state index in [1.165, 1.54) is 0 Å². The minimum absolute atomic E-state index is 0.133. The first-order valence-corrected chi connectivity index (χ1v) is 7.52. The summed E-state index contributed by atoms with van der Waals surface area (Å²) >= 11 is 11.8. The molecule has 0 saturated carbocycles. The Morgan fingerprint density at radius 1 is 1.04 bits per heavy atom. The van der Waals surface area contributed by atoms with Crippen LogP contribution in [0.25, 0.3) is 11.3 Å². The highest BCUT2D eigenvalue weighted by Gasteiger charge is 2.05. The summed E-state index contributed by atoms with van der Waals surface area (Å²) in [5.74, 6) is 0.434. The van der Waals surface area contributed by atoms with Crippen LogP contribution in [0, 0.1) is 0 Å². The molecule has 0 fully saturated rings. The Morgan fingerprint density at radius 2 is 1.91 bits per heavy atom. The van der Waals surface area contributed by atoms with Gasteiger partial charge in [-0.1, -0.05) is 23.2 Å². The van der Waals surface area contributed by atoms with Crippen LogP contribution in [-0.4, -0.2) is 20.1 Å². The molecule has 2 heterocycles. The number of pyridine rings is 1. The molecule has 3 aromatic rings. The molecule has 0 unspecified atom stereocenters. The van der Waals surface area contributed by atoms with Gasteiger partial charge in [0, 0.05) is 28.7 Å². The van der Waals surface area contributed by atoms with E-state index in [2.05, 4.69) is 20.3 Å². The number of nitrogens with one attached hydrogen (secondary N) is 1. The molecule has 2 aromatic heterocycles. The van der Waals surface area contributed by atoms with E-state index < -0.39 is 0 Å². The molecular weight excluding hydrogens is 335 g/mol. The Balaban J connectivity index is 1.87. The first-order valence-electron chi connectivity index (χ1n) is 6.77. The highest BCUT2D eigenvalue weighted by molar-refractivity contribution is 6.31. The fourth-order valence-electron chi connectivity index (χ4n) is 2.01. The maximum absolute atomic E-state index is 9.26. The minimum Gasteiger partial charge on any atom is -0.392 e. The van der Waals surface area contributed by atoms with Crippen LogP contribution in [-0.2, 0) is 6.61 Å².